The van der Waals surface area contributed by atoms with Gasteiger partial charge in [-0.3, -0.25) is 0 Å². The molecule has 0 amide bonds. The molecule has 0 saturated carbocycles. The molecule has 6 nitrogen and oxygen atoms in total. The van der Waals surface area contributed by atoms with Gasteiger partial charge in [0.2, 0.25) is 0 Å². The average molecular weight is 416 g/mol. The van der Waals surface area contributed by atoms with E-state index in [9.17, 15) is 0 Å². The molecule has 5 rings (SSSR count). The molecule has 0 bridgehead atoms. The third kappa shape index (κ3) is 3.96. The van der Waals surface area contributed by atoms with Crippen LogP contribution in [0.4, 0.5) is 0 Å². The molecule has 154 valence electrons. The smallest absolute Gasteiger partial charge is 0.186 e. The Balaban J connectivity index is 1.39. The highest BCUT2D eigenvalue weighted by molar-refractivity contribution is 7.99. The number of methoxy groups -OCH3 is 1. The fraction of sp³-hybridized carbons (Fsp3) is 0.455. The van der Waals surface area contributed by atoms with Crippen LogP contribution < -0.4 is 0 Å². The Morgan fingerprint density at radius 3 is 2.24 bits per heavy atom. The van der Waals surface area contributed by atoms with Crippen LogP contribution in [-0.2, 0) is 28.4 Å². The second kappa shape index (κ2) is 8.73. The summed E-state index contributed by atoms with van der Waals surface area (Å²) in [6.07, 6.45) is -2.30. The highest BCUT2D eigenvalue weighted by Gasteiger charge is 2.53. The van der Waals surface area contributed by atoms with E-state index in [0.29, 0.717) is 12.5 Å². The number of hydrogen-bond donors (Lipinski definition) is 0. The molecule has 2 aromatic rings. The van der Waals surface area contributed by atoms with Crippen molar-refractivity contribution in [3.63, 3.8) is 0 Å². The van der Waals surface area contributed by atoms with E-state index >= 15 is 0 Å². The molecule has 0 N–H and O–H groups in total. The lowest BCUT2D eigenvalue weighted by atomic mass is 9.97. The first-order chi connectivity index (χ1) is 14.3. The van der Waals surface area contributed by atoms with Crippen LogP contribution in [0.2, 0.25) is 0 Å². The van der Waals surface area contributed by atoms with Crippen molar-refractivity contribution in [2.24, 2.45) is 0 Å². The molecule has 3 aliphatic heterocycles. The van der Waals surface area contributed by atoms with Crippen LogP contribution in [0.15, 0.2) is 60.7 Å². The van der Waals surface area contributed by atoms with E-state index in [1.165, 1.54) is 0 Å². The van der Waals surface area contributed by atoms with E-state index in [4.69, 9.17) is 28.4 Å². The van der Waals surface area contributed by atoms with Gasteiger partial charge in [-0.05, 0) is 5.56 Å². The third-order valence-corrected chi connectivity index (χ3v) is 6.38. The molecule has 0 aliphatic carbocycles. The Morgan fingerprint density at radius 1 is 0.793 bits per heavy atom. The van der Waals surface area contributed by atoms with Crippen LogP contribution in [0.25, 0.3) is 0 Å². The SMILES string of the molecule is CO[C@H]1O[C@@H]2CO[C@@H](c3ccccc3)O[C@H]2[C@@H]2OCS[C@H](c3ccccc3)O[C@@H]12. The Bertz CT molecular complexity index is 790. The molecule has 0 spiro atoms. The van der Waals surface area contributed by atoms with Gasteiger partial charge in [-0.2, -0.15) is 0 Å². The zero-order chi connectivity index (χ0) is 19.6. The summed E-state index contributed by atoms with van der Waals surface area (Å²) < 4.78 is 36.7. The number of ether oxygens (including phenoxy) is 6. The molecule has 29 heavy (non-hydrogen) atoms. The van der Waals surface area contributed by atoms with Crippen LogP contribution in [0.3, 0.4) is 0 Å². The predicted octanol–water partition coefficient (Wildman–Crippen LogP) is 3.65. The van der Waals surface area contributed by atoms with Crippen LogP contribution in [0.5, 0.6) is 0 Å². The van der Waals surface area contributed by atoms with Crippen molar-refractivity contribution >= 4 is 11.8 Å². The standard InChI is InChI=1S/C22H24O6S/c1-23-21-19-18(25-13-29-22(28-19)15-10-6-3-7-11-15)17-16(26-21)12-24-20(27-17)14-8-4-2-5-9-14/h2-11,16-22H,12-13H2,1H3/t16-,17-,18+,19-,20-,21+,22-/m1/s1. The van der Waals surface area contributed by atoms with E-state index < -0.39 is 18.7 Å². The maximum absolute atomic E-state index is 6.46. The maximum atomic E-state index is 6.46. The number of hydrogen-bond acceptors (Lipinski definition) is 7. The largest absolute Gasteiger partial charge is 0.362 e. The lowest BCUT2D eigenvalue weighted by molar-refractivity contribution is -0.365. The second-order valence-corrected chi connectivity index (χ2v) is 8.21. The van der Waals surface area contributed by atoms with Gasteiger partial charge in [-0.1, -0.05) is 72.4 Å². The topological polar surface area (TPSA) is 55.4 Å². The van der Waals surface area contributed by atoms with Gasteiger partial charge in [0.15, 0.2) is 12.6 Å². The molecule has 3 saturated heterocycles. The molecule has 0 aromatic heterocycles. The van der Waals surface area contributed by atoms with Gasteiger partial charge in [0.25, 0.3) is 0 Å². The Kier molecular flexibility index (Phi) is 5.87. The summed E-state index contributed by atoms with van der Waals surface area (Å²) in [5.74, 6) is 0.501. The molecule has 2 aromatic carbocycles. The number of fused-ring (bicyclic) bond motifs is 3. The average Bonchev–Trinajstić information content (AvgIpc) is 3.03. The van der Waals surface area contributed by atoms with Crippen molar-refractivity contribution in [3.8, 4) is 0 Å². The minimum atomic E-state index is -0.549. The van der Waals surface area contributed by atoms with Crippen LogP contribution in [0.1, 0.15) is 22.9 Å². The van der Waals surface area contributed by atoms with Gasteiger partial charge >= 0.3 is 0 Å². The van der Waals surface area contributed by atoms with Gasteiger partial charge < -0.3 is 28.4 Å². The molecular formula is C22H24O6S. The Labute approximate surface area is 174 Å². The van der Waals surface area contributed by atoms with Crippen molar-refractivity contribution in [1.29, 1.82) is 0 Å². The molecule has 3 fully saturated rings. The first-order valence-electron chi connectivity index (χ1n) is 9.77. The van der Waals surface area contributed by atoms with E-state index in [2.05, 4.69) is 12.1 Å². The highest BCUT2D eigenvalue weighted by Crippen LogP contribution is 2.42. The summed E-state index contributed by atoms with van der Waals surface area (Å²) in [5, 5.41) is 0. The summed E-state index contributed by atoms with van der Waals surface area (Å²) in [4.78, 5) is 0. The van der Waals surface area contributed by atoms with Gasteiger partial charge in [0, 0.05) is 12.7 Å². The minimum Gasteiger partial charge on any atom is -0.362 e. The third-order valence-electron chi connectivity index (χ3n) is 5.42. The van der Waals surface area contributed by atoms with Crippen molar-refractivity contribution in [3.05, 3.63) is 71.8 Å². The van der Waals surface area contributed by atoms with Gasteiger partial charge in [0.1, 0.15) is 29.9 Å². The minimum absolute atomic E-state index is 0.159. The molecule has 0 unspecified atom stereocenters. The summed E-state index contributed by atoms with van der Waals surface area (Å²) in [5.41, 5.74) is 1.91. The zero-order valence-electron chi connectivity index (χ0n) is 16.1. The van der Waals surface area contributed by atoms with E-state index in [-0.39, 0.29) is 23.7 Å². The lowest BCUT2D eigenvalue weighted by Crippen LogP contribution is -2.63. The van der Waals surface area contributed by atoms with E-state index in [0.717, 1.165) is 11.1 Å². The van der Waals surface area contributed by atoms with Crippen LogP contribution in [0, 0.1) is 0 Å². The van der Waals surface area contributed by atoms with Crippen LogP contribution in [-0.4, -0.2) is 50.4 Å². The van der Waals surface area contributed by atoms with Crippen LogP contribution >= 0.6 is 11.8 Å². The quantitative estimate of drug-likeness (QED) is 0.757. The Morgan fingerprint density at radius 2 is 1.52 bits per heavy atom. The number of thioether (sulfide) groups is 1. The molecule has 7 atom stereocenters. The van der Waals surface area contributed by atoms with Crippen molar-refractivity contribution in [2.75, 3.05) is 19.7 Å². The first-order valence-corrected chi connectivity index (χ1v) is 10.8. The first kappa shape index (κ1) is 19.5. The normalized spacial score (nSPS) is 37.2. The van der Waals surface area contributed by atoms with Crippen molar-refractivity contribution in [1.82, 2.24) is 0 Å². The monoisotopic (exact) mass is 416 g/mol. The van der Waals surface area contributed by atoms with Gasteiger partial charge in [-0.25, -0.2) is 0 Å². The number of benzene rings is 2. The fourth-order valence-electron chi connectivity index (χ4n) is 4.00. The molecule has 0 radical (unpaired) electrons. The lowest BCUT2D eigenvalue weighted by Gasteiger charge is -2.48. The summed E-state index contributed by atoms with van der Waals surface area (Å²) in [7, 11) is 1.62. The second-order valence-electron chi connectivity index (χ2n) is 7.21. The van der Waals surface area contributed by atoms with Gasteiger partial charge in [-0.15, -0.1) is 0 Å². The zero-order valence-corrected chi connectivity index (χ0v) is 16.9. The fourth-order valence-corrected chi connectivity index (χ4v) is 4.91. The molecule has 7 heteroatoms. The van der Waals surface area contributed by atoms with Crippen molar-refractivity contribution in [2.45, 2.75) is 42.4 Å². The summed E-state index contributed by atoms with van der Waals surface area (Å²) >= 11 is 1.61. The van der Waals surface area contributed by atoms with Gasteiger partial charge in [0.05, 0.1) is 12.5 Å². The van der Waals surface area contributed by atoms with E-state index in [1.54, 1.807) is 18.9 Å². The highest BCUT2D eigenvalue weighted by atomic mass is 32.2. The maximum Gasteiger partial charge on any atom is 0.186 e. The number of rotatable bonds is 3. The molecule has 3 aliphatic rings. The predicted molar refractivity (Wildman–Crippen MR) is 107 cm³/mol. The molecular weight excluding hydrogens is 392 g/mol. The molecule has 3 heterocycles. The summed E-state index contributed by atoms with van der Waals surface area (Å²) in [6, 6.07) is 20.0. The Hall–Kier alpha value is -1.45. The van der Waals surface area contributed by atoms with E-state index in [1.807, 2.05) is 48.5 Å². The summed E-state index contributed by atoms with van der Waals surface area (Å²) in [6.45, 7) is 0.409. The van der Waals surface area contributed by atoms with Crippen molar-refractivity contribution < 1.29 is 28.4 Å².